The second-order valence-corrected chi connectivity index (χ2v) is 5.55. The molecule has 2 rings (SSSR count). The monoisotopic (exact) mass is 289 g/mol. The van der Waals surface area contributed by atoms with Crippen LogP contribution >= 0.6 is 0 Å². The summed E-state index contributed by atoms with van der Waals surface area (Å²) in [5, 5.41) is 4.18. The topological polar surface area (TPSA) is 47.9 Å². The van der Waals surface area contributed by atoms with E-state index in [1.807, 2.05) is 19.1 Å². The Morgan fingerprint density at radius 3 is 2.67 bits per heavy atom. The second kappa shape index (κ2) is 7.81. The number of hydrogen-bond donors (Lipinski definition) is 0. The number of methoxy groups -OCH3 is 1. The van der Waals surface area contributed by atoms with Gasteiger partial charge in [-0.25, -0.2) is 4.79 Å². The molecule has 0 atom stereocenters. The largest absolute Gasteiger partial charge is 0.465 e. The van der Waals surface area contributed by atoms with Gasteiger partial charge in [0.25, 0.3) is 0 Å². The Hall–Kier alpha value is -1.84. The maximum atomic E-state index is 11.5. The lowest BCUT2D eigenvalue weighted by Crippen LogP contribution is -2.12. The van der Waals surface area contributed by atoms with Crippen LogP contribution in [0.15, 0.2) is 29.4 Å². The zero-order valence-corrected chi connectivity index (χ0v) is 12.8. The lowest BCUT2D eigenvalue weighted by atomic mass is 9.90. The highest BCUT2D eigenvalue weighted by molar-refractivity contribution is 6.00. The lowest BCUT2D eigenvalue weighted by molar-refractivity contribution is 0.0600. The minimum Gasteiger partial charge on any atom is -0.465 e. The average Bonchev–Trinajstić information content (AvgIpc) is 2.55. The normalized spacial score (nSPS) is 16.6. The van der Waals surface area contributed by atoms with Crippen molar-refractivity contribution in [1.29, 1.82) is 0 Å². The Bertz CT molecular complexity index is 505. The molecule has 0 aromatic heterocycles. The van der Waals surface area contributed by atoms with Crippen molar-refractivity contribution in [3.8, 4) is 0 Å². The zero-order valence-electron chi connectivity index (χ0n) is 12.8. The van der Waals surface area contributed by atoms with Crippen LogP contribution in [0.5, 0.6) is 0 Å². The number of carbonyl (C=O) groups excluding carboxylic acids is 1. The molecule has 21 heavy (non-hydrogen) atoms. The highest BCUT2D eigenvalue weighted by Gasteiger charge is 2.14. The Kier molecular flexibility index (Phi) is 5.78. The van der Waals surface area contributed by atoms with Gasteiger partial charge in [0, 0.05) is 0 Å². The third-order valence-electron chi connectivity index (χ3n) is 3.94. The van der Waals surface area contributed by atoms with E-state index in [0.717, 1.165) is 11.3 Å². The standard InChI is InChI=1S/C17H23NO3/c1-13(18-21-12-14-7-4-3-5-8-14)15-9-6-10-16(11-15)17(19)20-2/h6,9-11,14H,3-5,7-8,12H2,1-2H3. The Labute approximate surface area is 126 Å². The Morgan fingerprint density at radius 2 is 1.95 bits per heavy atom. The summed E-state index contributed by atoms with van der Waals surface area (Å²) in [6.45, 7) is 2.57. The molecule has 1 aromatic rings. The van der Waals surface area contributed by atoms with Crippen LogP contribution in [0.1, 0.15) is 54.9 Å². The Balaban J connectivity index is 1.93. The molecule has 0 spiro atoms. The van der Waals surface area contributed by atoms with E-state index < -0.39 is 0 Å². The van der Waals surface area contributed by atoms with Crippen LogP contribution in [0.25, 0.3) is 0 Å². The van der Waals surface area contributed by atoms with Gasteiger partial charge in [-0.2, -0.15) is 0 Å². The van der Waals surface area contributed by atoms with Crippen molar-refractivity contribution in [2.75, 3.05) is 13.7 Å². The maximum absolute atomic E-state index is 11.5. The molecule has 4 nitrogen and oxygen atoms in total. The van der Waals surface area contributed by atoms with Gasteiger partial charge in [-0.15, -0.1) is 0 Å². The molecule has 1 aromatic carbocycles. The van der Waals surface area contributed by atoms with Crippen molar-refractivity contribution in [3.05, 3.63) is 35.4 Å². The van der Waals surface area contributed by atoms with Gasteiger partial charge in [0.15, 0.2) is 0 Å². The number of benzene rings is 1. The summed E-state index contributed by atoms with van der Waals surface area (Å²) in [7, 11) is 1.38. The highest BCUT2D eigenvalue weighted by atomic mass is 16.6. The van der Waals surface area contributed by atoms with Gasteiger partial charge < -0.3 is 9.57 Å². The van der Waals surface area contributed by atoms with Gasteiger partial charge in [-0.3, -0.25) is 0 Å². The van der Waals surface area contributed by atoms with Crippen molar-refractivity contribution in [3.63, 3.8) is 0 Å². The molecule has 1 saturated carbocycles. The molecule has 1 aliphatic carbocycles. The molecule has 1 fully saturated rings. The number of ether oxygens (including phenoxy) is 1. The molecule has 0 saturated heterocycles. The van der Waals surface area contributed by atoms with Gasteiger partial charge in [0.1, 0.15) is 6.61 Å². The molecule has 0 radical (unpaired) electrons. The average molecular weight is 289 g/mol. The molecular formula is C17H23NO3. The van der Waals surface area contributed by atoms with Crippen molar-refractivity contribution in [1.82, 2.24) is 0 Å². The smallest absolute Gasteiger partial charge is 0.337 e. The SMILES string of the molecule is COC(=O)c1cccc(C(C)=NOCC2CCCCC2)c1. The minimum atomic E-state index is -0.340. The van der Waals surface area contributed by atoms with Crippen LogP contribution in [0.3, 0.4) is 0 Å². The summed E-state index contributed by atoms with van der Waals surface area (Å²) in [6.07, 6.45) is 6.44. The third kappa shape index (κ3) is 4.59. The first-order chi connectivity index (χ1) is 10.2. The quantitative estimate of drug-likeness (QED) is 0.470. The second-order valence-electron chi connectivity index (χ2n) is 5.55. The van der Waals surface area contributed by atoms with E-state index in [-0.39, 0.29) is 5.97 Å². The predicted octanol–water partition coefficient (Wildman–Crippen LogP) is 3.79. The van der Waals surface area contributed by atoms with Crippen LogP contribution < -0.4 is 0 Å². The lowest BCUT2D eigenvalue weighted by Gasteiger charge is -2.19. The highest BCUT2D eigenvalue weighted by Crippen LogP contribution is 2.23. The van der Waals surface area contributed by atoms with Gasteiger partial charge in [0.2, 0.25) is 0 Å². The van der Waals surface area contributed by atoms with Crippen molar-refractivity contribution in [2.45, 2.75) is 39.0 Å². The molecule has 1 aliphatic rings. The van der Waals surface area contributed by atoms with Crippen LogP contribution in [0.4, 0.5) is 0 Å². The first kappa shape index (κ1) is 15.5. The number of carbonyl (C=O) groups is 1. The fourth-order valence-electron chi connectivity index (χ4n) is 2.64. The molecule has 0 aliphatic heterocycles. The molecule has 114 valence electrons. The molecule has 0 amide bonds. The molecule has 0 N–H and O–H groups in total. The molecule has 4 heteroatoms. The number of esters is 1. The van der Waals surface area contributed by atoms with E-state index in [1.54, 1.807) is 12.1 Å². The fourth-order valence-corrected chi connectivity index (χ4v) is 2.64. The van der Waals surface area contributed by atoms with E-state index in [9.17, 15) is 4.79 Å². The van der Waals surface area contributed by atoms with Crippen molar-refractivity contribution < 1.29 is 14.4 Å². The number of nitrogens with zero attached hydrogens (tertiary/aromatic N) is 1. The van der Waals surface area contributed by atoms with Crippen LogP contribution in [-0.2, 0) is 9.57 Å². The summed E-state index contributed by atoms with van der Waals surface area (Å²) < 4.78 is 4.72. The fraction of sp³-hybridized carbons (Fsp3) is 0.529. The molecule has 0 heterocycles. The van der Waals surface area contributed by atoms with Crippen LogP contribution in [0, 0.1) is 5.92 Å². The molecule has 0 bridgehead atoms. The van der Waals surface area contributed by atoms with Crippen LogP contribution in [0.2, 0.25) is 0 Å². The van der Waals surface area contributed by atoms with Crippen molar-refractivity contribution >= 4 is 11.7 Å². The van der Waals surface area contributed by atoms with Gasteiger partial charge in [-0.1, -0.05) is 36.6 Å². The summed E-state index contributed by atoms with van der Waals surface area (Å²) in [5.41, 5.74) is 2.18. The van der Waals surface area contributed by atoms with Gasteiger partial charge in [0.05, 0.1) is 18.4 Å². The van der Waals surface area contributed by atoms with E-state index in [1.165, 1.54) is 39.2 Å². The number of hydrogen-bond acceptors (Lipinski definition) is 4. The Morgan fingerprint density at radius 1 is 1.24 bits per heavy atom. The van der Waals surface area contributed by atoms with E-state index >= 15 is 0 Å². The maximum Gasteiger partial charge on any atom is 0.337 e. The van der Waals surface area contributed by atoms with Gasteiger partial charge in [-0.05, 0) is 43.4 Å². The molecule has 0 unspecified atom stereocenters. The summed E-state index contributed by atoms with van der Waals surface area (Å²) >= 11 is 0. The van der Waals surface area contributed by atoms with Crippen molar-refractivity contribution in [2.24, 2.45) is 11.1 Å². The zero-order chi connectivity index (χ0) is 15.1. The number of oxime groups is 1. The summed E-state index contributed by atoms with van der Waals surface area (Å²) in [4.78, 5) is 17.0. The van der Waals surface area contributed by atoms with Crippen LogP contribution in [-0.4, -0.2) is 25.4 Å². The van der Waals surface area contributed by atoms with Gasteiger partial charge >= 0.3 is 5.97 Å². The first-order valence-corrected chi connectivity index (χ1v) is 7.56. The summed E-state index contributed by atoms with van der Waals surface area (Å²) in [6, 6.07) is 7.23. The summed E-state index contributed by atoms with van der Waals surface area (Å²) in [5.74, 6) is 0.296. The predicted molar refractivity (Wildman–Crippen MR) is 82.5 cm³/mol. The number of rotatable bonds is 5. The third-order valence-corrected chi connectivity index (χ3v) is 3.94. The first-order valence-electron chi connectivity index (χ1n) is 7.56. The van der Waals surface area contributed by atoms with E-state index in [0.29, 0.717) is 18.1 Å². The van der Waals surface area contributed by atoms with E-state index in [4.69, 9.17) is 9.57 Å². The van der Waals surface area contributed by atoms with E-state index in [2.05, 4.69) is 5.16 Å². The minimum absolute atomic E-state index is 0.340. The molecular weight excluding hydrogens is 266 g/mol.